The molecule has 1 fully saturated rings. The molecule has 0 unspecified atom stereocenters. The normalized spacial score (nSPS) is 18.0. The molecular formula is C14H19FN6. The molecule has 0 aromatic carbocycles. The van der Waals surface area contributed by atoms with E-state index in [9.17, 15) is 4.39 Å². The number of aromatic amines is 1. The van der Waals surface area contributed by atoms with Gasteiger partial charge in [0.2, 0.25) is 5.95 Å². The number of nitrogens with two attached hydrogens (primary N) is 1. The SMILES string of the molecule is CC1(CN)CCN(c2n[nH]c(-c3ccncc3F)n2)CC1. The second kappa shape index (κ2) is 5.40. The van der Waals surface area contributed by atoms with Crippen LogP contribution < -0.4 is 10.6 Å². The smallest absolute Gasteiger partial charge is 0.245 e. The minimum absolute atomic E-state index is 0.201. The maximum Gasteiger partial charge on any atom is 0.245 e. The van der Waals surface area contributed by atoms with E-state index in [1.165, 1.54) is 12.4 Å². The van der Waals surface area contributed by atoms with Crippen LogP contribution in [0.4, 0.5) is 10.3 Å². The van der Waals surface area contributed by atoms with Crippen molar-refractivity contribution in [2.75, 3.05) is 24.5 Å². The number of piperidine rings is 1. The maximum atomic E-state index is 13.7. The number of anilines is 1. The van der Waals surface area contributed by atoms with Crippen molar-refractivity contribution in [3.05, 3.63) is 24.3 Å². The molecule has 3 heterocycles. The minimum Gasteiger partial charge on any atom is -0.339 e. The van der Waals surface area contributed by atoms with Crippen LogP contribution in [-0.4, -0.2) is 39.8 Å². The Morgan fingerprint density at radius 1 is 1.43 bits per heavy atom. The average Bonchev–Trinajstić information content (AvgIpc) is 2.98. The topological polar surface area (TPSA) is 83.7 Å². The summed E-state index contributed by atoms with van der Waals surface area (Å²) in [6.45, 7) is 4.63. The van der Waals surface area contributed by atoms with Crippen molar-refractivity contribution < 1.29 is 4.39 Å². The van der Waals surface area contributed by atoms with Crippen molar-refractivity contribution in [3.63, 3.8) is 0 Å². The number of nitrogens with zero attached hydrogens (tertiary/aromatic N) is 4. The highest BCUT2D eigenvalue weighted by molar-refractivity contribution is 5.56. The van der Waals surface area contributed by atoms with Crippen LogP contribution in [0.1, 0.15) is 19.8 Å². The number of hydrogen-bond donors (Lipinski definition) is 2. The van der Waals surface area contributed by atoms with Crippen molar-refractivity contribution in [3.8, 4) is 11.4 Å². The van der Waals surface area contributed by atoms with Crippen LogP contribution in [0.3, 0.4) is 0 Å². The highest BCUT2D eigenvalue weighted by atomic mass is 19.1. The number of pyridine rings is 1. The zero-order valence-corrected chi connectivity index (χ0v) is 12.0. The molecule has 0 bridgehead atoms. The molecule has 2 aromatic heterocycles. The summed E-state index contributed by atoms with van der Waals surface area (Å²) in [5.74, 6) is 0.631. The van der Waals surface area contributed by atoms with Gasteiger partial charge in [0.1, 0.15) is 0 Å². The summed E-state index contributed by atoms with van der Waals surface area (Å²) in [6.07, 6.45) is 4.73. The molecule has 1 saturated heterocycles. The number of hydrogen-bond acceptors (Lipinski definition) is 5. The molecule has 2 aromatic rings. The van der Waals surface area contributed by atoms with Gasteiger partial charge >= 0.3 is 0 Å². The summed E-state index contributed by atoms with van der Waals surface area (Å²) in [7, 11) is 0. The van der Waals surface area contributed by atoms with E-state index in [4.69, 9.17) is 5.73 Å². The molecule has 0 saturated carbocycles. The fourth-order valence-corrected chi connectivity index (χ4v) is 2.53. The van der Waals surface area contributed by atoms with Gasteiger partial charge in [-0.3, -0.25) is 10.1 Å². The van der Waals surface area contributed by atoms with Crippen LogP contribution in [0, 0.1) is 11.2 Å². The molecule has 0 amide bonds. The lowest BCUT2D eigenvalue weighted by Gasteiger charge is -2.38. The predicted molar refractivity (Wildman–Crippen MR) is 78.2 cm³/mol. The first-order chi connectivity index (χ1) is 10.1. The molecule has 7 heteroatoms. The van der Waals surface area contributed by atoms with Gasteiger partial charge in [0.25, 0.3) is 0 Å². The summed E-state index contributed by atoms with van der Waals surface area (Å²) in [4.78, 5) is 10.2. The third-order valence-electron chi connectivity index (χ3n) is 4.25. The lowest BCUT2D eigenvalue weighted by Crippen LogP contribution is -2.42. The Bertz CT molecular complexity index is 617. The van der Waals surface area contributed by atoms with E-state index >= 15 is 0 Å². The van der Waals surface area contributed by atoms with Gasteiger partial charge in [-0.15, -0.1) is 5.10 Å². The van der Waals surface area contributed by atoms with Crippen LogP contribution in [0.2, 0.25) is 0 Å². The number of halogens is 1. The first kappa shape index (κ1) is 13.9. The van der Waals surface area contributed by atoms with E-state index in [1.54, 1.807) is 6.07 Å². The summed E-state index contributed by atoms with van der Waals surface area (Å²) >= 11 is 0. The Hall–Kier alpha value is -2.02. The molecule has 0 atom stereocenters. The summed E-state index contributed by atoms with van der Waals surface area (Å²) in [5.41, 5.74) is 6.40. The van der Waals surface area contributed by atoms with Crippen molar-refractivity contribution in [2.45, 2.75) is 19.8 Å². The maximum absolute atomic E-state index is 13.7. The second-order valence-corrected chi connectivity index (χ2v) is 5.84. The Labute approximate surface area is 122 Å². The molecular weight excluding hydrogens is 271 g/mol. The molecule has 21 heavy (non-hydrogen) atoms. The molecule has 0 spiro atoms. The summed E-state index contributed by atoms with van der Waals surface area (Å²) < 4.78 is 13.7. The highest BCUT2D eigenvalue weighted by Gasteiger charge is 2.30. The molecule has 3 rings (SSSR count). The van der Waals surface area contributed by atoms with E-state index in [0.717, 1.165) is 25.9 Å². The lowest BCUT2D eigenvalue weighted by atomic mass is 9.81. The number of aromatic nitrogens is 4. The van der Waals surface area contributed by atoms with E-state index in [2.05, 4.69) is 32.0 Å². The summed E-state index contributed by atoms with van der Waals surface area (Å²) in [6, 6.07) is 1.58. The zero-order valence-electron chi connectivity index (χ0n) is 12.0. The first-order valence-electron chi connectivity index (χ1n) is 7.09. The van der Waals surface area contributed by atoms with Crippen LogP contribution >= 0.6 is 0 Å². The minimum atomic E-state index is -0.408. The highest BCUT2D eigenvalue weighted by Crippen LogP contribution is 2.31. The molecule has 1 aliphatic rings. The molecule has 6 nitrogen and oxygen atoms in total. The quantitative estimate of drug-likeness (QED) is 0.896. The number of rotatable bonds is 3. The average molecular weight is 290 g/mol. The fourth-order valence-electron chi connectivity index (χ4n) is 2.53. The van der Waals surface area contributed by atoms with Crippen molar-refractivity contribution >= 4 is 5.95 Å². The van der Waals surface area contributed by atoms with E-state index in [-0.39, 0.29) is 5.41 Å². The number of H-pyrrole nitrogens is 1. The predicted octanol–water partition coefficient (Wildman–Crippen LogP) is 1.57. The Morgan fingerprint density at radius 3 is 2.86 bits per heavy atom. The second-order valence-electron chi connectivity index (χ2n) is 5.84. The summed E-state index contributed by atoms with van der Waals surface area (Å²) in [5, 5.41) is 7.00. The third kappa shape index (κ3) is 2.73. The van der Waals surface area contributed by atoms with Gasteiger partial charge in [0.15, 0.2) is 11.6 Å². The monoisotopic (exact) mass is 290 g/mol. The standard InChI is InChI=1S/C14H19FN6/c1-14(9-16)3-6-21(7-4-14)13-18-12(19-20-13)10-2-5-17-8-11(10)15/h2,5,8H,3-4,6-7,9,16H2,1H3,(H,18,19,20). The van der Waals surface area contributed by atoms with Gasteiger partial charge in [-0.2, -0.15) is 4.98 Å². The van der Waals surface area contributed by atoms with Crippen LogP contribution in [0.5, 0.6) is 0 Å². The molecule has 112 valence electrons. The van der Waals surface area contributed by atoms with Crippen LogP contribution in [-0.2, 0) is 0 Å². The van der Waals surface area contributed by atoms with E-state index < -0.39 is 5.82 Å². The molecule has 0 radical (unpaired) electrons. The van der Waals surface area contributed by atoms with Crippen molar-refractivity contribution in [1.82, 2.24) is 20.2 Å². The van der Waals surface area contributed by atoms with Gasteiger partial charge in [-0.1, -0.05) is 6.92 Å². The van der Waals surface area contributed by atoms with Crippen LogP contribution in [0.25, 0.3) is 11.4 Å². The van der Waals surface area contributed by atoms with Crippen LogP contribution in [0.15, 0.2) is 18.5 Å². The van der Waals surface area contributed by atoms with E-state index in [0.29, 0.717) is 23.9 Å². The van der Waals surface area contributed by atoms with Gasteiger partial charge in [0, 0.05) is 19.3 Å². The first-order valence-corrected chi connectivity index (χ1v) is 7.09. The van der Waals surface area contributed by atoms with Gasteiger partial charge in [0.05, 0.1) is 11.8 Å². The Kier molecular flexibility index (Phi) is 3.59. The molecule has 3 N–H and O–H groups in total. The largest absolute Gasteiger partial charge is 0.339 e. The van der Waals surface area contributed by atoms with Gasteiger partial charge in [-0.25, -0.2) is 4.39 Å². The van der Waals surface area contributed by atoms with Crippen molar-refractivity contribution in [2.24, 2.45) is 11.1 Å². The lowest BCUT2D eigenvalue weighted by molar-refractivity contribution is 0.257. The zero-order chi connectivity index (χ0) is 14.9. The van der Waals surface area contributed by atoms with Gasteiger partial charge in [-0.05, 0) is 30.9 Å². The third-order valence-corrected chi connectivity index (χ3v) is 4.25. The van der Waals surface area contributed by atoms with Crippen molar-refractivity contribution in [1.29, 1.82) is 0 Å². The Balaban J connectivity index is 1.76. The van der Waals surface area contributed by atoms with E-state index in [1.807, 2.05) is 0 Å². The fraction of sp³-hybridized carbons (Fsp3) is 0.500. The molecule has 0 aliphatic carbocycles. The number of nitrogens with one attached hydrogen (secondary N) is 1. The van der Waals surface area contributed by atoms with Gasteiger partial charge < -0.3 is 10.6 Å². The Morgan fingerprint density at radius 2 is 2.19 bits per heavy atom. The molecule has 1 aliphatic heterocycles.